The van der Waals surface area contributed by atoms with Crippen LogP contribution in [0.5, 0.6) is 0 Å². The lowest BCUT2D eigenvalue weighted by Crippen LogP contribution is -2.30. The largest absolute Gasteiger partial charge is 0.449 e. The van der Waals surface area contributed by atoms with E-state index in [1.54, 1.807) is 24.3 Å². The summed E-state index contributed by atoms with van der Waals surface area (Å²) in [4.78, 5) is 37.8. The van der Waals surface area contributed by atoms with E-state index >= 15 is 0 Å². The van der Waals surface area contributed by atoms with Gasteiger partial charge in [0.25, 0.3) is 11.7 Å². The molecule has 0 heterocycles. The first-order valence-electron chi connectivity index (χ1n) is 9.84. The third-order valence-corrected chi connectivity index (χ3v) is 5.89. The Balaban J connectivity index is 1.92. The van der Waals surface area contributed by atoms with E-state index in [-0.39, 0.29) is 17.2 Å². The Morgan fingerprint density at radius 3 is 2.42 bits per heavy atom. The molecule has 0 aliphatic carbocycles. The van der Waals surface area contributed by atoms with Crippen molar-refractivity contribution in [2.45, 2.75) is 28.6 Å². The molecule has 7 nitrogen and oxygen atoms in total. The Bertz CT molecular complexity index is 945. The van der Waals surface area contributed by atoms with Crippen LogP contribution in [0.15, 0.2) is 58.3 Å². The number of benzene rings is 2. The lowest BCUT2D eigenvalue weighted by Gasteiger charge is -2.15. The standard InChI is InChI=1S/C22H24F2N2O5S2/c1-14(20(28)26-15-7-9-16(10-8-15)33-22(23)24)31-21(29)17-5-3-4-6-18(17)32-13-19(27)25-11-12-30-2/h3-10,14,22H,11-13H2,1-2H3,(H,25,27)(H,26,28). The van der Waals surface area contributed by atoms with Crippen LogP contribution < -0.4 is 10.6 Å². The smallest absolute Gasteiger partial charge is 0.340 e. The van der Waals surface area contributed by atoms with Crippen LogP contribution >= 0.6 is 23.5 Å². The minimum Gasteiger partial charge on any atom is -0.449 e. The van der Waals surface area contributed by atoms with Gasteiger partial charge in [0, 0.05) is 29.1 Å². The van der Waals surface area contributed by atoms with Crippen LogP contribution in [0.2, 0.25) is 0 Å². The van der Waals surface area contributed by atoms with Crippen molar-refractivity contribution < 1.29 is 32.6 Å². The maximum absolute atomic E-state index is 12.6. The molecule has 2 N–H and O–H groups in total. The Morgan fingerprint density at radius 1 is 1.06 bits per heavy atom. The molecule has 0 saturated heterocycles. The third-order valence-electron chi connectivity index (χ3n) is 4.09. The van der Waals surface area contributed by atoms with E-state index in [0.717, 1.165) is 0 Å². The molecule has 0 saturated carbocycles. The molecule has 0 spiro atoms. The van der Waals surface area contributed by atoms with E-state index in [1.165, 1.54) is 50.1 Å². The normalized spacial score (nSPS) is 11.7. The number of hydrogen-bond donors (Lipinski definition) is 2. The molecule has 2 rings (SSSR count). The summed E-state index contributed by atoms with van der Waals surface area (Å²) in [6.07, 6.45) is -1.11. The van der Waals surface area contributed by atoms with Crippen LogP contribution in [0.4, 0.5) is 14.5 Å². The summed E-state index contributed by atoms with van der Waals surface area (Å²) in [6.45, 7) is 2.21. The second-order valence-corrected chi connectivity index (χ2v) is 8.65. The molecule has 33 heavy (non-hydrogen) atoms. The fourth-order valence-corrected chi connectivity index (χ4v) is 3.86. The second-order valence-electron chi connectivity index (χ2n) is 6.57. The molecule has 178 valence electrons. The zero-order valence-corrected chi connectivity index (χ0v) is 19.6. The summed E-state index contributed by atoms with van der Waals surface area (Å²) < 4.78 is 35.0. The van der Waals surface area contributed by atoms with Crippen LogP contribution in [0, 0.1) is 0 Å². The van der Waals surface area contributed by atoms with E-state index in [1.807, 2.05) is 0 Å². The first-order chi connectivity index (χ1) is 15.8. The molecule has 0 aliphatic heterocycles. The van der Waals surface area contributed by atoms with Crippen molar-refractivity contribution >= 4 is 47.0 Å². The lowest BCUT2D eigenvalue weighted by atomic mass is 10.2. The highest BCUT2D eigenvalue weighted by Gasteiger charge is 2.21. The summed E-state index contributed by atoms with van der Waals surface area (Å²) in [7, 11) is 1.54. The number of amides is 2. The highest BCUT2D eigenvalue weighted by Crippen LogP contribution is 2.26. The maximum Gasteiger partial charge on any atom is 0.340 e. The van der Waals surface area contributed by atoms with Crippen molar-refractivity contribution in [1.82, 2.24) is 5.32 Å². The van der Waals surface area contributed by atoms with Crippen molar-refractivity contribution in [1.29, 1.82) is 0 Å². The van der Waals surface area contributed by atoms with E-state index in [2.05, 4.69) is 10.6 Å². The molecule has 1 atom stereocenters. The highest BCUT2D eigenvalue weighted by atomic mass is 32.2. The molecule has 0 aromatic heterocycles. The van der Waals surface area contributed by atoms with Crippen LogP contribution in [-0.4, -0.2) is 55.7 Å². The minimum atomic E-state index is -2.53. The number of ether oxygens (including phenoxy) is 2. The number of carbonyl (C=O) groups excluding carboxylic acids is 3. The lowest BCUT2D eigenvalue weighted by molar-refractivity contribution is -0.123. The van der Waals surface area contributed by atoms with Gasteiger partial charge in [0.1, 0.15) is 0 Å². The summed E-state index contributed by atoms with van der Waals surface area (Å²) >= 11 is 1.58. The summed E-state index contributed by atoms with van der Waals surface area (Å²) in [5, 5.41) is 5.27. The van der Waals surface area contributed by atoms with Crippen molar-refractivity contribution in [2.24, 2.45) is 0 Å². The van der Waals surface area contributed by atoms with E-state index in [0.29, 0.717) is 40.4 Å². The van der Waals surface area contributed by atoms with Gasteiger partial charge < -0.3 is 20.1 Å². The van der Waals surface area contributed by atoms with Gasteiger partial charge in [0.2, 0.25) is 5.91 Å². The van der Waals surface area contributed by atoms with Gasteiger partial charge in [0.05, 0.1) is 17.9 Å². The van der Waals surface area contributed by atoms with Gasteiger partial charge in [0.15, 0.2) is 6.10 Å². The average Bonchev–Trinajstić information content (AvgIpc) is 2.79. The molecular weight excluding hydrogens is 474 g/mol. The molecule has 2 aromatic carbocycles. The van der Waals surface area contributed by atoms with Crippen molar-refractivity contribution in [3.05, 3.63) is 54.1 Å². The van der Waals surface area contributed by atoms with Crippen molar-refractivity contribution in [2.75, 3.05) is 31.3 Å². The molecule has 11 heteroatoms. The van der Waals surface area contributed by atoms with Gasteiger partial charge in [-0.2, -0.15) is 8.78 Å². The molecule has 1 unspecified atom stereocenters. The fourth-order valence-electron chi connectivity index (χ4n) is 2.49. The quantitative estimate of drug-likeness (QED) is 0.259. The minimum absolute atomic E-state index is 0.101. The molecule has 2 amide bonds. The van der Waals surface area contributed by atoms with Crippen molar-refractivity contribution in [3.8, 4) is 0 Å². The Labute approximate surface area is 199 Å². The van der Waals surface area contributed by atoms with E-state index in [4.69, 9.17) is 9.47 Å². The molecule has 0 radical (unpaired) electrons. The number of nitrogens with one attached hydrogen (secondary N) is 2. The van der Waals surface area contributed by atoms with Gasteiger partial charge in [-0.25, -0.2) is 4.79 Å². The van der Waals surface area contributed by atoms with E-state index in [9.17, 15) is 23.2 Å². The number of hydrogen-bond acceptors (Lipinski definition) is 7. The van der Waals surface area contributed by atoms with Crippen LogP contribution in [0.3, 0.4) is 0 Å². The zero-order valence-electron chi connectivity index (χ0n) is 18.0. The number of thioether (sulfide) groups is 2. The maximum atomic E-state index is 12.6. The number of rotatable bonds is 12. The predicted molar refractivity (Wildman–Crippen MR) is 124 cm³/mol. The molecule has 0 fully saturated rings. The van der Waals surface area contributed by atoms with Gasteiger partial charge in [-0.15, -0.1) is 11.8 Å². The molecule has 2 aromatic rings. The predicted octanol–water partition coefficient (Wildman–Crippen LogP) is 4.04. The number of esters is 1. The first-order valence-corrected chi connectivity index (χ1v) is 11.7. The van der Waals surface area contributed by atoms with Crippen LogP contribution in [0.1, 0.15) is 17.3 Å². The average molecular weight is 499 g/mol. The number of anilines is 1. The van der Waals surface area contributed by atoms with Gasteiger partial charge in [-0.3, -0.25) is 9.59 Å². The number of alkyl halides is 2. The zero-order chi connectivity index (χ0) is 24.2. The third kappa shape index (κ3) is 9.40. The van der Waals surface area contributed by atoms with Gasteiger partial charge >= 0.3 is 5.97 Å². The fraction of sp³-hybridized carbons (Fsp3) is 0.318. The number of carbonyl (C=O) groups is 3. The van der Waals surface area contributed by atoms with Gasteiger partial charge in [-0.1, -0.05) is 23.9 Å². The van der Waals surface area contributed by atoms with Crippen LogP contribution in [0.25, 0.3) is 0 Å². The molecular formula is C22H24F2N2O5S2. The van der Waals surface area contributed by atoms with E-state index < -0.39 is 23.7 Å². The second kappa shape index (κ2) is 13.8. The molecule has 0 bridgehead atoms. The Kier molecular flexibility index (Phi) is 11.1. The Morgan fingerprint density at radius 2 is 1.76 bits per heavy atom. The SMILES string of the molecule is COCCNC(=O)CSc1ccccc1C(=O)OC(C)C(=O)Nc1ccc(SC(F)F)cc1. The number of methoxy groups -OCH3 is 1. The summed E-state index contributed by atoms with van der Waals surface area (Å²) in [5.41, 5.74) is 0.622. The van der Waals surface area contributed by atoms with Crippen LogP contribution in [-0.2, 0) is 19.1 Å². The molecule has 0 aliphatic rings. The monoisotopic (exact) mass is 498 g/mol. The van der Waals surface area contributed by atoms with Gasteiger partial charge in [-0.05, 0) is 43.3 Å². The Hall–Kier alpha value is -2.63. The highest BCUT2D eigenvalue weighted by molar-refractivity contribution is 8.00. The number of halogens is 2. The summed E-state index contributed by atoms with van der Waals surface area (Å²) in [5.74, 6) is -3.91. The first kappa shape index (κ1) is 26.6. The van der Waals surface area contributed by atoms with Crippen molar-refractivity contribution in [3.63, 3.8) is 0 Å². The topological polar surface area (TPSA) is 93.7 Å². The summed E-state index contributed by atoms with van der Waals surface area (Å²) in [6, 6.07) is 12.5.